The Labute approximate surface area is 118 Å². The highest BCUT2D eigenvalue weighted by atomic mass is 16.3. The zero-order valence-electron chi connectivity index (χ0n) is 13.1. The molecule has 1 aromatic rings. The van der Waals surface area contributed by atoms with Gasteiger partial charge in [0.2, 0.25) is 0 Å². The number of benzene rings is 1. The molecular weight excluding hydrogens is 234 g/mol. The molecule has 1 rings (SSSR count). The first-order valence-corrected chi connectivity index (χ1v) is 7.41. The fraction of sp³-hybridized carbons (Fsp3) is 0.647. The van der Waals surface area contributed by atoms with Gasteiger partial charge in [0, 0.05) is 13.1 Å². The molecule has 0 aliphatic carbocycles. The summed E-state index contributed by atoms with van der Waals surface area (Å²) in [5.74, 6) is 0.679. The molecule has 108 valence electrons. The van der Waals surface area contributed by atoms with Crippen molar-refractivity contribution in [3.05, 3.63) is 34.9 Å². The second-order valence-electron chi connectivity index (χ2n) is 6.01. The van der Waals surface area contributed by atoms with Crippen LogP contribution in [0.3, 0.4) is 0 Å². The van der Waals surface area contributed by atoms with Gasteiger partial charge >= 0.3 is 0 Å². The van der Waals surface area contributed by atoms with Crippen LogP contribution in [-0.4, -0.2) is 29.6 Å². The molecule has 0 saturated carbocycles. The topological polar surface area (TPSA) is 23.5 Å². The van der Waals surface area contributed by atoms with E-state index in [1.165, 1.54) is 11.1 Å². The van der Waals surface area contributed by atoms with Crippen molar-refractivity contribution >= 4 is 0 Å². The maximum atomic E-state index is 10.3. The van der Waals surface area contributed by atoms with Crippen LogP contribution in [0.25, 0.3) is 0 Å². The highest BCUT2D eigenvalue weighted by Gasteiger charge is 2.11. The minimum Gasteiger partial charge on any atom is -0.388 e. The summed E-state index contributed by atoms with van der Waals surface area (Å²) in [6.07, 6.45) is 0.462. The smallest absolute Gasteiger partial charge is 0.0802 e. The Hall–Kier alpha value is -0.860. The van der Waals surface area contributed by atoms with Crippen LogP contribution in [0.5, 0.6) is 0 Å². The summed E-state index contributed by atoms with van der Waals surface area (Å²) in [5, 5.41) is 10.3. The number of rotatable bonds is 7. The van der Waals surface area contributed by atoms with Crippen molar-refractivity contribution < 1.29 is 5.11 Å². The van der Waals surface area contributed by atoms with Crippen LogP contribution in [0, 0.1) is 19.8 Å². The van der Waals surface area contributed by atoms with E-state index in [2.05, 4.69) is 57.7 Å². The number of aliphatic hydroxyl groups excluding tert-OH is 1. The fourth-order valence-electron chi connectivity index (χ4n) is 2.57. The van der Waals surface area contributed by atoms with Crippen LogP contribution in [0.1, 0.15) is 50.0 Å². The molecule has 0 amide bonds. The molecule has 0 heterocycles. The third-order valence-electron chi connectivity index (χ3n) is 3.42. The maximum Gasteiger partial charge on any atom is 0.0802 e. The van der Waals surface area contributed by atoms with Crippen LogP contribution in [-0.2, 0) is 0 Å². The lowest BCUT2D eigenvalue weighted by Gasteiger charge is -2.24. The van der Waals surface area contributed by atoms with E-state index >= 15 is 0 Å². The van der Waals surface area contributed by atoms with Crippen LogP contribution in [0.15, 0.2) is 18.2 Å². The van der Waals surface area contributed by atoms with Crippen LogP contribution >= 0.6 is 0 Å². The van der Waals surface area contributed by atoms with E-state index in [1.54, 1.807) is 0 Å². The van der Waals surface area contributed by atoms with E-state index in [0.29, 0.717) is 5.92 Å². The zero-order valence-corrected chi connectivity index (χ0v) is 13.1. The predicted molar refractivity (Wildman–Crippen MR) is 82.4 cm³/mol. The standard InChI is InChI=1S/C17H29NO/c1-6-18(12-13(2)3)8-7-17(19)16-10-14(4)9-15(5)11-16/h9-11,13,17,19H,6-8,12H2,1-5H3. The molecule has 0 bridgehead atoms. The summed E-state index contributed by atoms with van der Waals surface area (Å²) in [7, 11) is 0. The van der Waals surface area contributed by atoms with Gasteiger partial charge in [0.15, 0.2) is 0 Å². The predicted octanol–water partition coefficient (Wildman–Crippen LogP) is 3.70. The second kappa shape index (κ2) is 7.66. The van der Waals surface area contributed by atoms with Crippen molar-refractivity contribution in [1.82, 2.24) is 4.90 Å². The zero-order chi connectivity index (χ0) is 14.4. The van der Waals surface area contributed by atoms with Gasteiger partial charge in [-0.15, -0.1) is 0 Å². The molecule has 1 N–H and O–H groups in total. The molecule has 2 nitrogen and oxygen atoms in total. The molecule has 19 heavy (non-hydrogen) atoms. The number of hydrogen-bond donors (Lipinski definition) is 1. The number of nitrogens with zero attached hydrogens (tertiary/aromatic N) is 1. The number of aliphatic hydroxyl groups is 1. The Bertz CT molecular complexity index is 367. The summed E-state index contributed by atoms with van der Waals surface area (Å²) in [4.78, 5) is 2.41. The molecule has 0 aliphatic rings. The van der Waals surface area contributed by atoms with Gasteiger partial charge in [-0.05, 0) is 38.3 Å². The van der Waals surface area contributed by atoms with E-state index in [-0.39, 0.29) is 6.10 Å². The Kier molecular flexibility index (Phi) is 6.53. The maximum absolute atomic E-state index is 10.3. The lowest BCUT2D eigenvalue weighted by atomic mass is 10.0. The highest BCUT2D eigenvalue weighted by Crippen LogP contribution is 2.20. The first-order valence-electron chi connectivity index (χ1n) is 7.41. The largest absolute Gasteiger partial charge is 0.388 e. The SMILES string of the molecule is CCN(CCC(O)c1cc(C)cc(C)c1)CC(C)C. The Morgan fingerprint density at radius 2 is 1.68 bits per heavy atom. The molecule has 0 aliphatic heterocycles. The van der Waals surface area contributed by atoms with Gasteiger partial charge < -0.3 is 10.0 Å². The van der Waals surface area contributed by atoms with Gasteiger partial charge in [0.05, 0.1) is 6.10 Å². The first-order chi connectivity index (χ1) is 8.92. The summed E-state index contributed by atoms with van der Waals surface area (Å²) in [6, 6.07) is 6.33. The lowest BCUT2D eigenvalue weighted by Crippen LogP contribution is -2.29. The molecule has 0 radical (unpaired) electrons. The van der Waals surface area contributed by atoms with Gasteiger partial charge in [-0.2, -0.15) is 0 Å². The van der Waals surface area contributed by atoms with Crippen LogP contribution in [0.2, 0.25) is 0 Å². The van der Waals surface area contributed by atoms with Crippen molar-refractivity contribution in [3.63, 3.8) is 0 Å². The van der Waals surface area contributed by atoms with Crippen molar-refractivity contribution in [3.8, 4) is 0 Å². The first kappa shape index (κ1) is 16.2. The van der Waals surface area contributed by atoms with Crippen molar-refractivity contribution in [2.45, 2.75) is 47.1 Å². The van der Waals surface area contributed by atoms with Gasteiger partial charge in [0.25, 0.3) is 0 Å². The summed E-state index contributed by atoms with van der Waals surface area (Å²) in [5.41, 5.74) is 3.50. The van der Waals surface area contributed by atoms with Gasteiger partial charge in [-0.3, -0.25) is 0 Å². The lowest BCUT2D eigenvalue weighted by molar-refractivity contribution is 0.139. The average Bonchev–Trinajstić information content (AvgIpc) is 2.32. The van der Waals surface area contributed by atoms with Crippen LogP contribution < -0.4 is 0 Å². The van der Waals surface area contributed by atoms with E-state index in [1.807, 2.05) is 0 Å². The van der Waals surface area contributed by atoms with Crippen molar-refractivity contribution in [2.75, 3.05) is 19.6 Å². The molecule has 1 unspecified atom stereocenters. The van der Waals surface area contributed by atoms with Gasteiger partial charge in [-0.25, -0.2) is 0 Å². The molecule has 0 fully saturated rings. The molecule has 0 aromatic heterocycles. The summed E-state index contributed by atoms with van der Waals surface area (Å²) in [6.45, 7) is 14.0. The average molecular weight is 263 g/mol. The van der Waals surface area contributed by atoms with E-state index < -0.39 is 0 Å². The third-order valence-corrected chi connectivity index (χ3v) is 3.42. The van der Waals surface area contributed by atoms with Crippen LogP contribution in [0.4, 0.5) is 0 Å². The van der Waals surface area contributed by atoms with E-state index in [0.717, 1.165) is 31.6 Å². The van der Waals surface area contributed by atoms with Gasteiger partial charge in [0.1, 0.15) is 0 Å². The Morgan fingerprint density at radius 1 is 1.11 bits per heavy atom. The molecule has 1 aromatic carbocycles. The molecule has 1 atom stereocenters. The normalized spacial score (nSPS) is 13.3. The molecule has 2 heteroatoms. The quantitative estimate of drug-likeness (QED) is 0.810. The molecular formula is C17H29NO. The fourth-order valence-corrected chi connectivity index (χ4v) is 2.57. The Morgan fingerprint density at radius 3 is 2.16 bits per heavy atom. The Balaban J connectivity index is 2.56. The molecule has 0 saturated heterocycles. The minimum absolute atomic E-state index is 0.347. The van der Waals surface area contributed by atoms with E-state index in [9.17, 15) is 5.11 Å². The van der Waals surface area contributed by atoms with Crippen molar-refractivity contribution in [2.24, 2.45) is 5.92 Å². The summed E-state index contributed by atoms with van der Waals surface area (Å²) >= 11 is 0. The molecule has 0 spiro atoms. The monoisotopic (exact) mass is 263 g/mol. The second-order valence-corrected chi connectivity index (χ2v) is 6.01. The van der Waals surface area contributed by atoms with Gasteiger partial charge in [-0.1, -0.05) is 50.1 Å². The number of aryl methyl sites for hydroxylation is 2. The highest BCUT2D eigenvalue weighted by molar-refractivity contribution is 5.29. The summed E-state index contributed by atoms with van der Waals surface area (Å²) < 4.78 is 0. The van der Waals surface area contributed by atoms with Crippen molar-refractivity contribution in [1.29, 1.82) is 0 Å². The third kappa shape index (κ3) is 5.75. The van der Waals surface area contributed by atoms with E-state index in [4.69, 9.17) is 0 Å². The minimum atomic E-state index is -0.347. The number of hydrogen-bond acceptors (Lipinski definition) is 2.